The highest BCUT2D eigenvalue weighted by atomic mass is 35.5. The lowest BCUT2D eigenvalue weighted by Gasteiger charge is -2.31. The molecule has 2 amide bonds. The van der Waals surface area contributed by atoms with E-state index in [1.807, 2.05) is 57.2 Å². The van der Waals surface area contributed by atoms with Gasteiger partial charge >= 0.3 is 0 Å². The van der Waals surface area contributed by atoms with Crippen LogP contribution in [0.3, 0.4) is 0 Å². The van der Waals surface area contributed by atoms with Crippen LogP contribution in [0.25, 0.3) is 0 Å². The summed E-state index contributed by atoms with van der Waals surface area (Å²) in [4.78, 5) is 28.4. The number of thioether (sulfide) groups is 1. The third-order valence-corrected chi connectivity index (χ3v) is 5.84. The molecule has 1 N–H and O–H groups in total. The van der Waals surface area contributed by atoms with Gasteiger partial charge in [-0.3, -0.25) is 9.59 Å². The van der Waals surface area contributed by atoms with Gasteiger partial charge in [0.05, 0.1) is 15.8 Å². The third-order valence-electron chi connectivity index (χ3n) is 4.11. The SMILES string of the molecule is C[C@@H](C(=O)NC(C)(C)C)N(Cc1ccc(Cl)c(Cl)c1)C(=O)CSc1ccccc1. The van der Waals surface area contributed by atoms with Crippen LogP contribution in [0.1, 0.15) is 33.3 Å². The van der Waals surface area contributed by atoms with Crippen LogP contribution in [0.15, 0.2) is 53.4 Å². The van der Waals surface area contributed by atoms with Crippen molar-refractivity contribution in [3.8, 4) is 0 Å². The summed E-state index contributed by atoms with van der Waals surface area (Å²) in [7, 11) is 0. The summed E-state index contributed by atoms with van der Waals surface area (Å²) in [6.07, 6.45) is 0. The highest BCUT2D eigenvalue weighted by Crippen LogP contribution is 2.24. The minimum Gasteiger partial charge on any atom is -0.350 e. The maximum absolute atomic E-state index is 13.1. The Labute approximate surface area is 187 Å². The fourth-order valence-corrected chi connectivity index (χ4v) is 3.76. The number of halogens is 2. The molecule has 0 unspecified atom stereocenters. The monoisotopic (exact) mass is 452 g/mol. The molecule has 0 saturated carbocycles. The molecule has 2 rings (SSSR count). The number of hydrogen-bond donors (Lipinski definition) is 1. The van der Waals surface area contributed by atoms with Crippen molar-refractivity contribution in [2.75, 3.05) is 5.75 Å². The van der Waals surface area contributed by atoms with Gasteiger partial charge in [-0.05, 0) is 57.5 Å². The zero-order chi connectivity index (χ0) is 21.6. The molecule has 29 heavy (non-hydrogen) atoms. The van der Waals surface area contributed by atoms with Gasteiger partial charge in [0.2, 0.25) is 11.8 Å². The standard InChI is InChI=1S/C22H26Cl2N2O2S/c1-15(21(28)25-22(2,3)4)26(13-16-10-11-18(23)19(24)12-16)20(27)14-29-17-8-6-5-7-9-17/h5-12,15H,13-14H2,1-4H3,(H,25,28)/t15-/m0/s1. The van der Waals surface area contributed by atoms with Crippen molar-refractivity contribution in [2.24, 2.45) is 0 Å². The average molecular weight is 453 g/mol. The van der Waals surface area contributed by atoms with E-state index in [4.69, 9.17) is 23.2 Å². The molecule has 0 spiro atoms. The van der Waals surface area contributed by atoms with Gasteiger partial charge in [-0.1, -0.05) is 47.5 Å². The molecule has 0 aliphatic heterocycles. The molecule has 0 heterocycles. The van der Waals surface area contributed by atoms with Gasteiger partial charge in [0.15, 0.2) is 0 Å². The van der Waals surface area contributed by atoms with Crippen LogP contribution in [-0.2, 0) is 16.1 Å². The number of nitrogens with zero attached hydrogens (tertiary/aromatic N) is 1. The molecule has 0 aromatic heterocycles. The summed E-state index contributed by atoms with van der Waals surface area (Å²) in [5.41, 5.74) is 0.426. The topological polar surface area (TPSA) is 49.4 Å². The average Bonchev–Trinajstić information content (AvgIpc) is 2.66. The van der Waals surface area contributed by atoms with E-state index in [-0.39, 0.29) is 29.7 Å². The van der Waals surface area contributed by atoms with Crippen molar-refractivity contribution in [2.45, 2.75) is 50.7 Å². The summed E-state index contributed by atoms with van der Waals surface area (Å²) in [6.45, 7) is 7.74. The molecular weight excluding hydrogens is 427 g/mol. The Morgan fingerprint density at radius 2 is 1.72 bits per heavy atom. The smallest absolute Gasteiger partial charge is 0.242 e. The van der Waals surface area contributed by atoms with Crippen LogP contribution >= 0.6 is 35.0 Å². The number of amides is 2. The Bertz CT molecular complexity index is 854. The molecule has 2 aromatic rings. The van der Waals surface area contributed by atoms with Crippen molar-refractivity contribution in [1.29, 1.82) is 0 Å². The molecule has 156 valence electrons. The van der Waals surface area contributed by atoms with Crippen molar-refractivity contribution in [1.82, 2.24) is 10.2 Å². The predicted octanol–water partition coefficient (Wildman–Crippen LogP) is 5.42. The summed E-state index contributed by atoms with van der Waals surface area (Å²) >= 11 is 13.6. The molecule has 1 atom stereocenters. The van der Waals surface area contributed by atoms with Gasteiger partial charge in [-0.25, -0.2) is 0 Å². The minimum atomic E-state index is -0.632. The van der Waals surface area contributed by atoms with Crippen LogP contribution in [0, 0.1) is 0 Å². The molecule has 7 heteroatoms. The molecule has 0 radical (unpaired) electrons. The second kappa shape index (κ2) is 10.4. The van der Waals surface area contributed by atoms with Crippen molar-refractivity contribution >= 4 is 46.8 Å². The summed E-state index contributed by atoms with van der Waals surface area (Å²) < 4.78 is 0. The van der Waals surface area contributed by atoms with E-state index in [2.05, 4.69) is 5.32 Å². The van der Waals surface area contributed by atoms with E-state index in [1.54, 1.807) is 24.0 Å². The number of nitrogens with one attached hydrogen (secondary N) is 1. The third kappa shape index (κ3) is 7.57. The first-order valence-electron chi connectivity index (χ1n) is 9.30. The van der Waals surface area contributed by atoms with E-state index >= 15 is 0 Å². The second-order valence-corrected chi connectivity index (χ2v) is 9.65. The largest absolute Gasteiger partial charge is 0.350 e. The van der Waals surface area contributed by atoms with Crippen molar-refractivity contribution in [3.63, 3.8) is 0 Å². The van der Waals surface area contributed by atoms with Crippen LogP contribution < -0.4 is 5.32 Å². The maximum Gasteiger partial charge on any atom is 0.242 e. The van der Waals surface area contributed by atoms with Gasteiger partial charge in [0.1, 0.15) is 6.04 Å². The number of rotatable bonds is 7. The Kier molecular flexibility index (Phi) is 8.44. The number of benzene rings is 2. The molecule has 2 aromatic carbocycles. The highest BCUT2D eigenvalue weighted by molar-refractivity contribution is 8.00. The lowest BCUT2D eigenvalue weighted by Crippen LogP contribution is -2.52. The number of carbonyl (C=O) groups is 2. The van der Waals surface area contributed by atoms with Crippen LogP contribution in [0.4, 0.5) is 0 Å². The van der Waals surface area contributed by atoms with Crippen LogP contribution in [0.5, 0.6) is 0 Å². The van der Waals surface area contributed by atoms with Gasteiger partial charge < -0.3 is 10.2 Å². The minimum absolute atomic E-state index is 0.124. The molecular formula is C22H26Cl2N2O2S. The highest BCUT2D eigenvalue weighted by Gasteiger charge is 2.28. The predicted molar refractivity (Wildman–Crippen MR) is 122 cm³/mol. The van der Waals surface area contributed by atoms with Gasteiger partial charge in [0.25, 0.3) is 0 Å². The van der Waals surface area contributed by atoms with E-state index in [9.17, 15) is 9.59 Å². The first-order valence-corrected chi connectivity index (χ1v) is 11.0. The van der Waals surface area contributed by atoms with E-state index < -0.39 is 6.04 Å². The molecule has 0 aliphatic carbocycles. The van der Waals surface area contributed by atoms with Crippen molar-refractivity contribution in [3.05, 3.63) is 64.1 Å². The first-order chi connectivity index (χ1) is 13.6. The Balaban J connectivity index is 2.19. The van der Waals surface area contributed by atoms with Gasteiger partial charge in [-0.15, -0.1) is 11.8 Å². The zero-order valence-electron chi connectivity index (χ0n) is 17.0. The van der Waals surface area contributed by atoms with Crippen molar-refractivity contribution < 1.29 is 9.59 Å². The first kappa shape index (κ1) is 23.6. The lowest BCUT2D eigenvalue weighted by molar-refractivity contribution is -0.139. The fourth-order valence-electron chi connectivity index (χ4n) is 2.64. The Hall–Kier alpha value is -1.69. The molecule has 4 nitrogen and oxygen atoms in total. The van der Waals surface area contributed by atoms with E-state index in [0.29, 0.717) is 10.0 Å². The van der Waals surface area contributed by atoms with Gasteiger partial charge in [0, 0.05) is 17.0 Å². The molecule has 0 fully saturated rings. The number of carbonyl (C=O) groups excluding carboxylic acids is 2. The fraction of sp³-hybridized carbons (Fsp3) is 0.364. The lowest BCUT2D eigenvalue weighted by atomic mass is 10.1. The summed E-state index contributed by atoms with van der Waals surface area (Å²) in [6, 6.07) is 14.3. The Morgan fingerprint density at radius 3 is 2.31 bits per heavy atom. The van der Waals surface area contributed by atoms with Gasteiger partial charge in [-0.2, -0.15) is 0 Å². The summed E-state index contributed by atoms with van der Waals surface area (Å²) in [5, 5.41) is 3.82. The van der Waals surface area contributed by atoms with E-state index in [1.165, 1.54) is 11.8 Å². The summed E-state index contributed by atoms with van der Waals surface area (Å²) in [5.74, 6) is -0.0875. The molecule has 0 saturated heterocycles. The number of hydrogen-bond acceptors (Lipinski definition) is 3. The second-order valence-electron chi connectivity index (χ2n) is 7.79. The molecule has 0 bridgehead atoms. The zero-order valence-corrected chi connectivity index (χ0v) is 19.4. The van der Waals surface area contributed by atoms with Crippen LogP contribution in [-0.4, -0.2) is 34.0 Å². The van der Waals surface area contributed by atoms with E-state index in [0.717, 1.165) is 10.5 Å². The normalized spacial score (nSPS) is 12.3. The molecule has 0 aliphatic rings. The Morgan fingerprint density at radius 1 is 1.07 bits per heavy atom. The quantitative estimate of drug-likeness (QED) is 0.570. The maximum atomic E-state index is 13.1. The van der Waals surface area contributed by atoms with Crippen LogP contribution in [0.2, 0.25) is 10.0 Å².